The van der Waals surface area contributed by atoms with E-state index in [1.165, 1.54) is 12.1 Å². The molecule has 0 saturated carbocycles. The second-order valence-corrected chi connectivity index (χ2v) is 5.14. The molecule has 18 heavy (non-hydrogen) atoms. The van der Waals surface area contributed by atoms with Crippen LogP contribution in [0.4, 0.5) is 0 Å². The van der Waals surface area contributed by atoms with Gasteiger partial charge in [0.2, 0.25) is 5.91 Å². The molecule has 0 fully saturated rings. The van der Waals surface area contributed by atoms with Crippen molar-refractivity contribution >= 4 is 27.5 Å². The molecule has 0 aliphatic heterocycles. The lowest BCUT2D eigenvalue weighted by molar-refractivity contribution is -0.123. The summed E-state index contributed by atoms with van der Waals surface area (Å²) in [5, 5.41) is 8.93. The van der Waals surface area contributed by atoms with Crippen molar-refractivity contribution in [2.24, 2.45) is 5.73 Å². The second kappa shape index (κ2) is 5.79. The maximum absolute atomic E-state index is 11.7. The summed E-state index contributed by atoms with van der Waals surface area (Å²) in [5.74, 6) is -0.843. The number of nitrogens with one attached hydrogen (secondary N) is 1. The van der Waals surface area contributed by atoms with Crippen LogP contribution in [0.5, 0.6) is 0 Å². The minimum absolute atomic E-state index is 0.102. The molecule has 0 aliphatic carbocycles. The molecular formula is C9H8ClN3O4S. The Bertz CT molecular complexity index is 609. The molecule has 0 spiro atoms. The van der Waals surface area contributed by atoms with Gasteiger partial charge in [-0.2, -0.15) is 5.26 Å². The normalized spacial score (nSPS) is 10.9. The van der Waals surface area contributed by atoms with E-state index < -0.39 is 22.5 Å². The highest BCUT2D eigenvalue weighted by Crippen LogP contribution is 2.20. The molecule has 0 unspecified atom stereocenters. The lowest BCUT2D eigenvalue weighted by Gasteiger charge is -2.07. The van der Waals surface area contributed by atoms with Crippen LogP contribution in [0.1, 0.15) is 5.56 Å². The molecule has 0 saturated heterocycles. The van der Waals surface area contributed by atoms with Gasteiger partial charge in [-0.05, 0) is 18.2 Å². The Morgan fingerprint density at radius 2 is 2.22 bits per heavy atom. The van der Waals surface area contributed by atoms with Crippen LogP contribution in [-0.2, 0) is 19.7 Å². The average molecular weight is 290 g/mol. The lowest BCUT2D eigenvalue weighted by Crippen LogP contribution is -2.29. The average Bonchev–Trinajstić information content (AvgIpc) is 2.28. The van der Waals surface area contributed by atoms with E-state index in [-0.39, 0.29) is 15.5 Å². The molecule has 1 aromatic rings. The van der Waals surface area contributed by atoms with Gasteiger partial charge in [-0.25, -0.2) is 8.42 Å². The Kier molecular flexibility index (Phi) is 4.63. The predicted octanol–water partition coefficient (Wildman–Crippen LogP) is -0.0931. The first-order valence-electron chi connectivity index (χ1n) is 4.48. The van der Waals surface area contributed by atoms with Crippen LogP contribution in [0.3, 0.4) is 0 Å². The summed E-state index contributed by atoms with van der Waals surface area (Å²) in [6.07, 6.45) is 0. The highest BCUT2D eigenvalue weighted by Gasteiger charge is 2.19. The second-order valence-electron chi connectivity index (χ2n) is 3.09. The highest BCUT2D eigenvalue weighted by atomic mass is 35.5. The Hall–Kier alpha value is -1.66. The largest absolute Gasteiger partial charge is 0.368 e. The quantitative estimate of drug-likeness (QED) is 0.733. The van der Waals surface area contributed by atoms with Crippen molar-refractivity contribution in [1.82, 2.24) is 4.89 Å². The molecule has 9 heteroatoms. The van der Waals surface area contributed by atoms with Gasteiger partial charge in [-0.3, -0.25) is 9.63 Å². The summed E-state index contributed by atoms with van der Waals surface area (Å²) >= 11 is 5.65. The van der Waals surface area contributed by atoms with E-state index in [4.69, 9.17) is 22.6 Å². The van der Waals surface area contributed by atoms with Crippen molar-refractivity contribution in [2.45, 2.75) is 4.90 Å². The zero-order chi connectivity index (χ0) is 13.8. The van der Waals surface area contributed by atoms with Crippen molar-refractivity contribution in [2.75, 3.05) is 6.61 Å². The summed E-state index contributed by atoms with van der Waals surface area (Å²) in [5.41, 5.74) is 4.67. The van der Waals surface area contributed by atoms with E-state index in [1.807, 2.05) is 0 Å². The number of carbonyl (C=O) groups excluding carboxylic acids is 1. The fraction of sp³-hybridized carbons (Fsp3) is 0.111. The molecular weight excluding hydrogens is 282 g/mol. The lowest BCUT2D eigenvalue weighted by atomic mass is 10.2. The van der Waals surface area contributed by atoms with Crippen molar-refractivity contribution in [1.29, 1.82) is 5.26 Å². The Morgan fingerprint density at radius 3 is 2.78 bits per heavy atom. The molecule has 0 aliphatic rings. The van der Waals surface area contributed by atoms with Crippen molar-refractivity contribution in [3.63, 3.8) is 0 Å². The van der Waals surface area contributed by atoms with Gasteiger partial charge < -0.3 is 5.73 Å². The van der Waals surface area contributed by atoms with Crippen molar-refractivity contribution in [3.05, 3.63) is 28.8 Å². The molecule has 0 aromatic heterocycles. The van der Waals surface area contributed by atoms with E-state index in [0.717, 1.165) is 6.07 Å². The van der Waals surface area contributed by atoms with Gasteiger partial charge in [0.1, 0.15) is 17.6 Å². The van der Waals surface area contributed by atoms with Gasteiger partial charge in [0.15, 0.2) is 0 Å². The molecule has 1 rings (SSSR count). The van der Waals surface area contributed by atoms with E-state index in [0.29, 0.717) is 0 Å². The zero-order valence-electron chi connectivity index (χ0n) is 8.88. The number of halogens is 1. The number of hydrogen-bond donors (Lipinski definition) is 2. The van der Waals surface area contributed by atoms with Crippen LogP contribution in [0.2, 0.25) is 5.02 Å². The summed E-state index contributed by atoms with van der Waals surface area (Å²) in [4.78, 5) is 16.1. The van der Waals surface area contributed by atoms with E-state index in [9.17, 15) is 13.2 Å². The van der Waals surface area contributed by atoms with E-state index in [1.54, 1.807) is 11.0 Å². The minimum atomic E-state index is -4.11. The fourth-order valence-electron chi connectivity index (χ4n) is 1.03. The smallest absolute Gasteiger partial charge is 0.263 e. The third-order valence-corrected chi connectivity index (χ3v) is 3.23. The SMILES string of the molecule is N#Cc1ccc(Cl)cc1S(=O)(=O)NOCC(N)=O. The molecule has 3 N–H and O–H groups in total. The Morgan fingerprint density at radius 1 is 1.56 bits per heavy atom. The van der Waals surface area contributed by atoms with Gasteiger partial charge in [-0.15, -0.1) is 0 Å². The number of carbonyl (C=O) groups is 1. The Labute approximate surface area is 108 Å². The van der Waals surface area contributed by atoms with Crippen molar-refractivity contribution < 1.29 is 18.0 Å². The number of rotatable bonds is 5. The van der Waals surface area contributed by atoms with Crippen LogP contribution in [0.25, 0.3) is 0 Å². The zero-order valence-corrected chi connectivity index (χ0v) is 10.5. The van der Waals surface area contributed by atoms with Crippen LogP contribution in [0.15, 0.2) is 23.1 Å². The molecule has 0 atom stereocenters. The van der Waals surface area contributed by atoms with Crippen LogP contribution < -0.4 is 10.6 Å². The van der Waals surface area contributed by atoms with E-state index >= 15 is 0 Å². The van der Waals surface area contributed by atoms with Gasteiger partial charge >= 0.3 is 0 Å². The molecule has 96 valence electrons. The third-order valence-electron chi connectivity index (χ3n) is 1.74. The maximum atomic E-state index is 11.7. The van der Waals surface area contributed by atoms with Crippen LogP contribution >= 0.6 is 11.6 Å². The van der Waals surface area contributed by atoms with Gasteiger partial charge in [-0.1, -0.05) is 16.5 Å². The number of amides is 1. The van der Waals surface area contributed by atoms with Gasteiger partial charge in [0.25, 0.3) is 10.0 Å². The monoisotopic (exact) mass is 289 g/mol. The predicted molar refractivity (Wildman–Crippen MR) is 61.6 cm³/mol. The standard InChI is InChI=1S/C9H8ClN3O4S/c10-7-2-1-6(4-11)8(3-7)18(15,16)13-17-5-9(12)14/h1-3,13H,5H2,(H2,12,14). The summed E-state index contributed by atoms with van der Waals surface area (Å²) in [6, 6.07) is 5.43. The Balaban J connectivity index is 3.01. The van der Waals surface area contributed by atoms with Gasteiger partial charge in [0, 0.05) is 5.02 Å². The summed E-state index contributed by atoms with van der Waals surface area (Å²) in [7, 11) is -4.11. The van der Waals surface area contributed by atoms with Crippen LogP contribution in [0, 0.1) is 11.3 Å². The highest BCUT2D eigenvalue weighted by molar-refractivity contribution is 7.89. The number of hydrogen-bond acceptors (Lipinski definition) is 5. The van der Waals surface area contributed by atoms with E-state index in [2.05, 4.69) is 4.84 Å². The first kappa shape index (κ1) is 14.4. The molecule has 1 amide bonds. The summed E-state index contributed by atoms with van der Waals surface area (Å²) in [6.45, 7) is -0.623. The summed E-state index contributed by atoms with van der Waals surface area (Å²) < 4.78 is 23.5. The first-order chi connectivity index (χ1) is 8.36. The van der Waals surface area contributed by atoms with Crippen LogP contribution in [-0.4, -0.2) is 20.9 Å². The molecule has 0 heterocycles. The number of sulfonamides is 1. The number of nitriles is 1. The molecule has 1 aromatic carbocycles. The number of primary amides is 1. The van der Waals surface area contributed by atoms with Gasteiger partial charge in [0.05, 0.1) is 5.56 Å². The number of benzene rings is 1. The maximum Gasteiger partial charge on any atom is 0.263 e. The minimum Gasteiger partial charge on any atom is -0.368 e. The molecule has 0 bridgehead atoms. The molecule has 7 nitrogen and oxygen atoms in total. The first-order valence-corrected chi connectivity index (χ1v) is 6.34. The molecule has 0 radical (unpaired) electrons. The van der Waals surface area contributed by atoms with Crippen molar-refractivity contribution in [3.8, 4) is 6.07 Å². The topological polar surface area (TPSA) is 122 Å². The third kappa shape index (κ3) is 3.68. The fourth-order valence-corrected chi connectivity index (χ4v) is 2.26. The number of nitrogens with zero attached hydrogens (tertiary/aromatic N) is 1. The number of nitrogens with two attached hydrogens (primary N) is 1.